The molecule has 0 bridgehead atoms. The van der Waals surface area contributed by atoms with E-state index in [1.165, 1.54) is 32.1 Å². The van der Waals surface area contributed by atoms with E-state index in [-0.39, 0.29) is 0 Å². The van der Waals surface area contributed by atoms with Crippen LogP contribution in [0.15, 0.2) is 0 Å². The molecule has 2 aliphatic rings. The summed E-state index contributed by atoms with van der Waals surface area (Å²) in [4.78, 5) is 17.0. The third-order valence-corrected chi connectivity index (χ3v) is 5.11. The molecule has 0 aromatic carbocycles. The molecule has 1 heterocycles. The molecular formula is C17H33N3O. The molecule has 21 heavy (non-hydrogen) atoms. The van der Waals surface area contributed by atoms with Crippen LogP contribution in [0, 0.1) is 5.92 Å². The maximum absolute atomic E-state index is 12.4. The maximum atomic E-state index is 12.4. The lowest BCUT2D eigenvalue weighted by atomic mass is 10.0. The van der Waals surface area contributed by atoms with Crippen molar-refractivity contribution in [3.63, 3.8) is 0 Å². The van der Waals surface area contributed by atoms with Crippen LogP contribution in [0.3, 0.4) is 0 Å². The predicted octanol–water partition coefficient (Wildman–Crippen LogP) is 2.23. The molecule has 2 fully saturated rings. The first-order valence-electron chi connectivity index (χ1n) is 9.00. The van der Waals surface area contributed by atoms with Crippen molar-refractivity contribution >= 4 is 5.91 Å². The van der Waals surface area contributed by atoms with E-state index in [4.69, 9.17) is 5.73 Å². The van der Waals surface area contributed by atoms with Crippen LogP contribution in [0.1, 0.15) is 57.8 Å². The van der Waals surface area contributed by atoms with Gasteiger partial charge in [0.1, 0.15) is 0 Å². The normalized spacial score (nSPS) is 21.7. The second-order valence-electron chi connectivity index (χ2n) is 6.76. The Bertz CT molecular complexity index is 302. The molecule has 0 atom stereocenters. The Morgan fingerprint density at radius 2 is 1.81 bits per heavy atom. The lowest BCUT2D eigenvalue weighted by Crippen LogP contribution is -2.35. The fourth-order valence-corrected chi connectivity index (χ4v) is 3.71. The molecule has 0 radical (unpaired) electrons. The number of nitrogens with zero attached hydrogens (tertiary/aromatic N) is 2. The summed E-state index contributed by atoms with van der Waals surface area (Å²) >= 11 is 0. The summed E-state index contributed by atoms with van der Waals surface area (Å²) in [5.41, 5.74) is 5.55. The molecular weight excluding hydrogens is 262 g/mol. The third kappa shape index (κ3) is 5.95. The first-order valence-corrected chi connectivity index (χ1v) is 9.00. The molecule has 122 valence electrons. The standard InChI is InChI=1S/C17H33N3O/c18-10-3-4-11-19-12-5-13-20(15-14-19)17(21)9-8-16-6-1-2-7-16/h16H,1-15,18H2. The van der Waals surface area contributed by atoms with Gasteiger partial charge in [0.2, 0.25) is 5.91 Å². The van der Waals surface area contributed by atoms with Crippen molar-refractivity contribution < 1.29 is 4.79 Å². The zero-order valence-corrected chi connectivity index (χ0v) is 13.6. The molecule has 0 unspecified atom stereocenters. The molecule has 1 aliphatic carbocycles. The predicted molar refractivity (Wildman–Crippen MR) is 87.1 cm³/mol. The van der Waals surface area contributed by atoms with Crippen molar-refractivity contribution in [2.24, 2.45) is 11.7 Å². The van der Waals surface area contributed by atoms with Crippen LogP contribution >= 0.6 is 0 Å². The number of amides is 1. The van der Waals surface area contributed by atoms with Crippen molar-refractivity contribution in [2.75, 3.05) is 39.3 Å². The highest BCUT2D eigenvalue weighted by Crippen LogP contribution is 2.28. The number of unbranched alkanes of at least 4 members (excludes halogenated alkanes) is 1. The van der Waals surface area contributed by atoms with Gasteiger partial charge in [0.05, 0.1) is 0 Å². The van der Waals surface area contributed by atoms with Crippen molar-refractivity contribution in [3.05, 3.63) is 0 Å². The van der Waals surface area contributed by atoms with E-state index in [9.17, 15) is 4.79 Å². The van der Waals surface area contributed by atoms with Gasteiger partial charge in [-0.3, -0.25) is 4.79 Å². The molecule has 0 spiro atoms. The van der Waals surface area contributed by atoms with Crippen molar-refractivity contribution in [1.82, 2.24) is 9.80 Å². The highest BCUT2D eigenvalue weighted by Gasteiger charge is 2.21. The highest BCUT2D eigenvalue weighted by molar-refractivity contribution is 5.76. The van der Waals surface area contributed by atoms with Gasteiger partial charge in [0, 0.05) is 26.1 Å². The molecule has 2 N–H and O–H groups in total. The van der Waals surface area contributed by atoms with E-state index < -0.39 is 0 Å². The average Bonchev–Trinajstić information content (AvgIpc) is 2.90. The van der Waals surface area contributed by atoms with E-state index in [0.717, 1.165) is 70.9 Å². The van der Waals surface area contributed by atoms with Crippen LogP contribution < -0.4 is 5.73 Å². The van der Waals surface area contributed by atoms with E-state index in [1.807, 2.05) is 0 Å². The Morgan fingerprint density at radius 3 is 2.57 bits per heavy atom. The smallest absolute Gasteiger partial charge is 0.222 e. The van der Waals surface area contributed by atoms with Crippen molar-refractivity contribution in [3.8, 4) is 0 Å². The average molecular weight is 295 g/mol. The zero-order chi connectivity index (χ0) is 14.9. The molecule has 4 nitrogen and oxygen atoms in total. The summed E-state index contributed by atoms with van der Waals surface area (Å²) in [5, 5.41) is 0. The van der Waals surface area contributed by atoms with Crippen LogP contribution in [0.4, 0.5) is 0 Å². The summed E-state index contributed by atoms with van der Waals surface area (Å²) in [5.74, 6) is 1.22. The number of nitrogens with two attached hydrogens (primary N) is 1. The SMILES string of the molecule is NCCCCN1CCCN(C(=O)CCC2CCCC2)CC1. The molecule has 1 saturated carbocycles. The molecule has 4 heteroatoms. The van der Waals surface area contributed by atoms with E-state index >= 15 is 0 Å². The summed E-state index contributed by atoms with van der Waals surface area (Å²) in [6, 6.07) is 0. The Kier molecular flexibility index (Phi) is 7.51. The van der Waals surface area contributed by atoms with Gasteiger partial charge in [-0.25, -0.2) is 0 Å². The summed E-state index contributed by atoms with van der Waals surface area (Å²) in [6.45, 7) is 5.99. The molecule has 1 aliphatic heterocycles. The van der Waals surface area contributed by atoms with Gasteiger partial charge in [-0.15, -0.1) is 0 Å². The topological polar surface area (TPSA) is 49.6 Å². The Balaban J connectivity index is 1.65. The van der Waals surface area contributed by atoms with Gasteiger partial charge in [-0.05, 0) is 51.2 Å². The van der Waals surface area contributed by atoms with Crippen LogP contribution in [-0.4, -0.2) is 55.0 Å². The lowest BCUT2D eigenvalue weighted by molar-refractivity contribution is -0.131. The van der Waals surface area contributed by atoms with Crippen molar-refractivity contribution in [2.45, 2.75) is 57.8 Å². The maximum Gasteiger partial charge on any atom is 0.222 e. The second-order valence-corrected chi connectivity index (χ2v) is 6.76. The number of carbonyl (C=O) groups excluding carboxylic acids is 1. The minimum Gasteiger partial charge on any atom is -0.341 e. The van der Waals surface area contributed by atoms with Crippen LogP contribution in [-0.2, 0) is 4.79 Å². The number of carbonyl (C=O) groups is 1. The Hall–Kier alpha value is -0.610. The largest absolute Gasteiger partial charge is 0.341 e. The molecule has 2 rings (SSSR count). The fourth-order valence-electron chi connectivity index (χ4n) is 3.71. The number of hydrogen-bond donors (Lipinski definition) is 1. The number of hydrogen-bond acceptors (Lipinski definition) is 3. The minimum absolute atomic E-state index is 0.394. The first-order chi connectivity index (χ1) is 10.3. The van der Waals surface area contributed by atoms with Crippen molar-refractivity contribution in [1.29, 1.82) is 0 Å². The summed E-state index contributed by atoms with van der Waals surface area (Å²) in [7, 11) is 0. The van der Waals surface area contributed by atoms with E-state index in [1.54, 1.807) is 0 Å². The van der Waals surface area contributed by atoms with E-state index in [0.29, 0.717) is 5.91 Å². The lowest BCUT2D eigenvalue weighted by Gasteiger charge is -2.22. The molecule has 1 amide bonds. The van der Waals surface area contributed by atoms with Crippen LogP contribution in [0.5, 0.6) is 0 Å². The van der Waals surface area contributed by atoms with Gasteiger partial charge >= 0.3 is 0 Å². The quantitative estimate of drug-likeness (QED) is 0.733. The Labute approximate surface area is 130 Å². The van der Waals surface area contributed by atoms with Crippen LogP contribution in [0.2, 0.25) is 0 Å². The fraction of sp³-hybridized carbons (Fsp3) is 0.941. The van der Waals surface area contributed by atoms with Gasteiger partial charge in [-0.1, -0.05) is 25.7 Å². The number of rotatable bonds is 7. The van der Waals surface area contributed by atoms with E-state index in [2.05, 4.69) is 9.80 Å². The summed E-state index contributed by atoms with van der Waals surface area (Å²) in [6.07, 6.45) is 10.8. The van der Waals surface area contributed by atoms with Gasteiger partial charge in [0.25, 0.3) is 0 Å². The highest BCUT2D eigenvalue weighted by atomic mass is 16.2. The Morgan fingerprint density at radius 1 is 1.00 bits per heavy atom. The molecule has 0 aromatic heterocycles. The van der Waals surface area contributed by atoms with Crippen LogP contribution in [0.25, 0.3) is 0 Å². The zero-order valence-electron chi connectivity index (χ0n) is 13.6. The second kappa shape index (κ2) is 9.42. The first kappa shape index (κ1) is 16.8. The molecule has 0 aromatic rings. The van der Waals surface area contributed by atoms with Gasteiger partial charge in [-0.2, -0.15) is 0 Å². The van der Waals surface area contributed by atoms with Gasteiger partial charge < -0.3 is 15.5 Å². The third-order valence-electron chi connectivity index (χ3n) is 5.11. The summed E-state index contributed by atoms with van der Waals surface area (Å²) < 4.78 is 0. The minimum atomic E-state index is 0.394. The monoisotopic (exact) mass is 295 g/mol. The molecule has 1 saturated heterocycles. The van der Waals surface area contributed by atoms with Gasteiger partial charge in [0.15, 0.2) is 0 Å².